The minimum Gasteiger partial charge on any atom is -0.399 e. The number of anilines is 2. The molecule has 112 valence electrons. The molecular weight excluding hydrogens is 268 g/mol. The molecule has 6 nitrogen and oxygen atoms in total. The van der Waals surface area contributed by atoms with Gasteiger partial charge in [-0.25, -0.2) is 4.68 Å². The summed E-state index contributed by atoms with van der Waals surface area (Å²) >= 11 is 0. The Morgan fingerprint density at radius 3 is 2.62 bits per heavy atom. The number of rotatable bonds is 5. The fraction of sp³-hybridized carbons (Fsp3) is 0.333. The Kier molecular flexibility index (Phi) is 4.28. The molecule has 0 spiro atoms. The van der Waals surface area contributed by atoms with Crippen LogP contribution in [-0.4, -0.2) is 28.4 Å². The van der Waals surface area contributed by atoms with Crippen molar-refractivity contribution in [3.63, 3.8) is 0 Å². The number of nitrogens with zero attached hydrogens (tertiary/aromatic N) is 2. The molecular formula is C15H20N4O2. The topological polar surface area (TPSA) is 82.2 Å². The highest BCUT2D eigenvalue weighted by Crippen LogP contribution is 2.18. The number of carbonyl (C=O) groups is 1. The largest absolute Gasteiger partial charge is 0.399 e. The average Bonchev–Trinajstić information content (AvgIpc) is 2.87. The summed E-state index contributed by atoms with van der Waals surface area (Å²) in [6.07, 6.45) is 1.89. The molecule has 1 amide bonds. The minimum atomic E-state index is -0.504. The first-order valence-electron chi connectivity index (χ1n) is 6.66. The predicted octanol–water partition coefficient (Wildman–Crippen LogP) is 2.21. The van der Waals surface area contributed by atoms with Crippen molar-refractivity contribution in [2.45, 2.75) is 25.9 Å². The van der Waals surface area contributed by atoms with Crippen LogP contribution in [0.4, 0.5) is 11.5 Å². The quantitative estimate of drug-likeness (QED) is 0.826. The molecule has 0 saturated carbocycles. The van der Waals surface area contributed by atoms with Crippen molar-refractivity contribution in [2.75, 3.05) is 18.2 Å². The molecule has 0 atom stereocenters. The standard InChI is InChI=1S/C15H20N4O2/c1-15(2,21-3)10-14(20)18-13-8-9-17-19(13)12-6-4-11(16)5-7-12/h4-9H,10,16H2,1-3H3,(H,18,20). The van der Waals surface area contributed by atoms with Crippen LogP contribution >= 0.6 is 0 Å². The Balaban J connectivity index is 2.14. The van der Waals surface area contributed by atoms with Crippen LogP contribution in [0.3, 0.4) is 0 Å². The second-order valence-electron chi connectivity index (χ2n) is 5.41. The van der Waals surface area contributed by atoms with Crippen molar-refractivity contribution in [2.24, 2.45) is 0 Å². The number of nitrogens with one attached hydrogen (secondary N) is 1. The first kappa shape index (κ1) is 15.1. The van der Waals surface area contributed by atoms with E-state index in [1.165, 1.54) is 0 Å². The van der Waals surface area contributed by atoms with Crippen molar-refractivity contribution in [1.29, 1.82) is 0 Å². The summed E-state index contributed by atoms with van der Waals surface area (Å²) in [4.78, 5) is 12.1. The minimum absolute atomic E-state index is 0.126. The highest BCUT2D eigenvalue weighted by molar-refractivity contribution is 5.90. The molecule has 0 saturated heterocycles. The summed E-state index contributed by atoms with van der Waals surface area (Å²) in [7, 11) is 1.59. The van der Waals surface area contributed by atoms with Crippen molar-refractivity contribution in [3.05, 3.63) is 36.5 Å². The third-order valence-corrected chi connectivity index (χ3v) is 3.19. The molecule has 1 aromatic carbocycles. The van der Waals surface area contributed by atoms with Gasteiger partial charge in [-0.05, 0) is 38.1 Å². The van der Waals surface area contributed by atoms with Gasteiger partial charge in [0.1, 0.15) is 5.82 Å². The maximum absolute atomic E-state index is 12.1. The van der Waals surface area contributed by atoms with Gasteiger partial charge in [0.25, 0.3) is 0 Å². The maximum Gasteiger partial charge on any atom is 0.228 e. The number of amides is 1. The van der Waals surface area contributed by atoms with E-state index in [-0.39, 0.29) is 12.3 Å². The van der Waals surface area contributed by atoms with E-state index in [0.717, 1.165) is 5.69 Å². The molecule has 1 aromatic heterocycles. The lowest BCUT2D eigenvalue weighted by atomic mass is 10.1. The van der Waals surface area contributed by atoms with Crippen LogP contribution < -0.4 is 11.1 Å². The van der Waals surface area contributed by atoms with Crippen LogP contribution in [-0.2, 0) is 9.53 Å². The van der Waals surface area contributed by atoms with Crippen LogP contribution in [0.25, 0.3) is 5.69 Å². The molecule has 0 radical (unpaired) electrons. The van der Waals surface area contributed by atoms with Gasteiger partial charge < -0.3 is 15.8 Å². The van der Waals surface area contributed by atoms with E-state index < -0.39 is 5.60 Å². The summed E-state index contributed by atoms with van der Waals surface area (Å²) in [5, 5.41) is 7.06. The highest BCUT2D eigenvalue weighted by atomic mass is 16.5. The lowest BCUT2D eigenvalue weighted by Crippen LogP contribution is -2.30. The van der Waals surface area contributed by atoms with E-state index in [1.807, 2.05) is 26.0 Å². The molecule has 0 aliphatic heterocycles. The third kappa shape index (κ3) is 3.82. The average molecular weight is 288 g/mol. The van der Waals surface area contributed by atoms with Crippen molar-refractivity contribution in [1.82, 2.24) is 9.78 Å². The maximum atomic E-state index is 12.1. The van der Waals surface area contributed by atoms with E-state index >= 15 is 0 Å². The summed E-state index contributed by atoms with van der Waals surface area (Å²) in [5.41, 5.74) is 6.67. The number of nitrogens with two attached hydrogens (primary N) is 1. The summed E-state index contributed by atoms with van der Waals surface area (Å²) in [5.74, 6) is 0.482. The number of hydrogen-bond acceptors (Lipinski definition) is 4. The molecule has 0 bridgehead atoms. The number of hydrogen-bond donors (Lipinski definition) is 2. The lowest BCUT2D eigenvalue weighted by Gasteiger charge is -2.22. The van der Waals surface area contributed by atoms with E-state index in [4.69, 9.17) is 10.5 Å². The molecule has 2 rings (SSSR count). The fourth-order valence-corrected chi connectivity index (χ4v) is 1.87. The monoisotopic (exact) mass is 288 g/mol. The van der Waals surface area contributed by atoms with E-state index in [1.54, 1.807) is 36.2 Å². The first-order chi connectivity index (χ1) is 9.91. The lowest BCUT2D eigenvalue weighted by molar-refractivity contribution is -0.121. The van der Waals surface area contributed by atoms with Crippen LogP contribution in [0, 0.1) is 0 Å². The van der Waals surface area contributed by atoms with Gasteiger partial charge in [0, 0.05) is 18.9 Å². The number of carbonyl (C=O) groups excluding carboxylic acids is 1. The predicted molar refractivity (Wildman–Crippen MR) is 82.3 cm³/mol. The zero-order chi connectivity index (χ0) is 15.5. The Morgan fingerprint density at radius 2 is 2.00 bits per heavy atom. The number of ether oxygens (including phenoxy) is 1. The summed E-state index contributed by atoms with van der Waals surface area (Å²) in [6, 6.07) is 9.01. The van der Waals surface area contributed by atoms with Gasteiger partial charge in [-0.15, -0.1) is 0 Å². The smallest absolute Gasteiger partial charge is 0.228 e. The molecule has 6 heteroatoms. The van der Waals surface area contributed by atoms with Crippen LogP contribution in [0.5, 0.6) is 0 Å². The number of nitrogen functional groups attached to an aromatic ring is 1. The van der Waals surface area contributed by atoms with E-state index in [2.05, 4.69) is 10.4 Å². The van der Waals surface area contributed by atoms with E-state index in [0.29, 0.717) is 11.5 Å². The molecule has 0 aliphatic carbocycles. The van der Waals surface area contributed by atoms with Gasteiger partial charge in [0.15, 0.2) is 0 Å². The van der Waals surface area contributed by atoms with Gasteiger partial charge in [-0.2, -0.15) is 5.10 Å². The molecule has 3 N–H and O–H groups in total. The Morgan fingerprint density at radius 1 is 1.33 bits per heavy atom. The zero-order valence-electron chi connectivity index (χ0n) is 12.5. The zero-order valence-corrected chi connectivity index (χ0v) is 12.5. The van der Waals surface area contributed by atoms with Crippen LogP contribution in [0.1, 0.15) is 20.3 Å². The van der Waals surface area contributed by atoms with Gasteiger partial charge in [0.2, 0.25) is 5.91 Å². The Bertz CT molecular complexity index is 617. The third-order valence-electron chi connectivity index (χ3n) is 3.19. The molecule has 1 heterocycles. The molecule has 0 unspecified atom stereocenters. The Labute approximate surface area is 123 Å². The Hall–Kier alpha value is -2.34. The second kappa shape index (κ2) is 5.97. The number of methoxy groups -OCH3 is 1. The van der Waals surface area contributed by atoms with E-state index in [9.17, 15) is 4.79 Å². The molecule has 2 aromatic rings. The second-order valence-corrected chi connectivity index (χ2v) is 5.41. The molecule has 0 aliphatic rings. The highest BCUT2D eigenvalue weighted by Gasteiger charge is 2.21. The summed E-state index contributed by atoms with van der Waals surface area (Å²) in [6.45, 7) is 3.73. The normalized spacial score (nSPS) is 11.4. The summed E-state index contributed by atoms with van der Waals surface area (Å²) < 4.78 is 6.91. The van der Waals surface area contributed by atoms with Gasteiger partial charge in [0.05, 0.1) is 23.9 Å². The van der Waals surface area contributed by atoms with Crippen LogP contribution in [0.15, 0.2) is 36.5 Å². The van der Waals surface area contributed by atoms with Crippen molar-refractivity contribution in [3.8, 4) is 5.69 Å². The fourth-order valence-electron chi connectivity index (χ4n) is 1.87. The van der Waals surface area contributed by atoms with Gasteiger partial charge >= 0.3 is 0 Å². The van der Waals surface area contributed by atoms with Gasteiger partial charge in [-0.1, -0.05) is 0 Å². The molecule has 21 heavy (non-hydrogen) atoms. The number of benzene rings is 1. The van der Waals surface area contributed by atoms with Gasteiger partial charge in [-0.3, -0.25) is 4.79 Å². The first-order valence-corrected chi connectivity index (χ1v) is 6.66. The molecule has 0 fully saturated rings. The van der Waals surface area contributed by atoms with Crippen molar-refractivity contribution >= 4 is 17.4 Å². The van der Waals surface area contributed by atoms with Crippen molar-refractivity contribution < 1.29 is 9.53 Å². The number of aromatic nitrogens is 2. The SMILES string of the molecule is COC(C)(C)CC(=O)Nc1ccnn1-c1ccc(N)cc1. The van der Waals surface area contributed by atoms with Crippen LogP contribution in [0.2, 0.25) is 0 Å².